The first-order valence-electron chi connectivity index (χ1n) is 10.3. The van der Waals surface area contributed by atoms with Gasteiger partial charge in [-0.2, -0.15) is 0 Å². The Morgan fingerprint density at radius 2 is 2.04 bits per heavy atom. The Morgan fingerprint density at radius 1 is 1.21 bits per heavy atom. The fourth-order valence-corrected chi connectivity index (χ4v) is 4.56. The Hall–Kier alpha value is -1.85. The summed E-state index contributed by atoms with van der Waals surface area (Å²) in [6, 6.07) is 12.5. The number of ether oxygens (including phenoxy) is 1. The predicted octanol–water partition coefficient (Wildman–Crippen LogP) is 4.84. The summed E-state index contributed by atoms with van der Waals surface area (Å²) in [7, 11) is 2.14. The van der Waals surface area contributed by atoms with Crippen LogP contribution in [-0.2, 0) is 17.9 Å². The van der Waals surface area contributed by atoms with Crippen molar-refractivity contribution in [1.29, 1.82) is 0 Å². The predicted molar refractivity (Wildman–Crippen MR) is 116 cm³/mol. The average Bonchev–Trinajstić information content (AvgIpc) is 3.20. The maximum Gasteiger partial charge on any atom is 0.223 e. The van der Waals surface area contributed by atoms with Gasteiger partial charge in [-0.25, -0.2) is 0 Å². The van der Waals surface area contributed by atoms with Crippen LogP contribution in [0.1, 0.15) is 49.5 Å². The van der Waals surface area contributed by atoms with E-state index >= 15 is 0 Å². The topological polar surface area (TPSA) is 41.6 Å². The van der Waals surface area contributed by atoms with E-state index in [1.165, 1.54) is 29.7 Å². The van der Waals surface area contributed by atoms with Gasteiger partial charge in [0.25, 0.3) is 0 Å². The van der Waals surface area contributed by atoms with Gasteiger partial charge in [-0.05, 0) is 56.0 Å². The Labute approximate surface area is 172 Å². The largest absolute Gasteiger partial charge is 0.489 e. The summed E-state index contributed by atoms with van der Waals surface area (Å²) >= 11 is 1.79. The van der Waals surface area contributed by atoms with Gasteiger partial charge in [0.2, 0.25) is 5.91 Å². The van der Waals surface area contributed by atoms with Crippen molar-refractivity contribution in [2.45, 2.75) is 58.2 Å². The molecule has 1 fully saturated rings. The zero-order chi connectivity index (χ0) is 19.8. The number of carbonyl (C=O) groups is 1. The van der Waals surface area contributed by atoms with Crippen molar-refractivity contribution in [2.75, 3.05) is 13.6 Å². The van der Waals surface area contributed by atoms with E-state index in [9.17, 15) is 4.79 Å². The first-order chi connectivity index (χ1) is 13.6. The van der Waals surface area contributed by atoms with Gasteiger partial charge in [0.15, 0.2) is 0 Å². The minimum atomic E-state index is -0.0494. The summed E-state index contributed by atoms with van der Waals surface area (Å²) in [4.78, 5) is 16.0. The lowest BCUT2D eigenvalue weighted by Crippen LogP contribution is -2.38. The smallest absolute Gasteiger partial charge is 0.223 e. The van der Waals surface area contributed by atoms with Gasteiger partial charge in [-0.3, -0.25) is 9.69 Å². The molecule has 3 rings (SSSR count). The molecular formula is C23H32N2O2S. The van der Waals surface area contributed by atoms with E-state index in [0.717, 1.165) is 31.7 Å². The number of rotatable bonds is 9. The highest BCUT2D eigenvalue weighted by Gasteiger charge is 2.21. The molecule has 152 valence electrons. The lowest BCUT2D eigenvalue weighted by molar-refractivity contribution is -0.126. The highest BCUT2D eigenvalue weighted by molar-refractivity contribution is 7.09. The number of benzene rings is 1. The molecule has 4 nitrogen and oxygen atoms in total. The molecule has 0 spiro atoms. The third-order valence-corrected chi connectivity index (χ3v) is 6.09. The van der Waals surface area contributed by atoms with Gasteiger partial charge >= 0.3 is 0 Å². The van der Waals surface area contributed by atoms with Crippen molar-refractivity contribution in [1.82, 2.24) is 10.2 Å². The Bertz CT molecular complexity index is 726. The van der Waals surface area contributed by atoms with Crippen molar-refractivity contribution in [2.24, 2.45) is 5.92 Å². The molecule has 0 aliphatic heterocycles. The first-order valence-corrected chi connectivity index (χ1v) is 11.2. The molecular weight excluding hydrogens is 368 g/mol. The summed E-state index contributed by atoms with van der Waals surface area (Å²) in [6.45, 7) is 4.39. The van der Waals surface area contributed by atoms with Gasteiger partial charge in [-0.15, -0.1) is 11.3 Å². The molecule has 0 saturated heterocycles. The minimum Gasteiger partial charge on any atom is -0.489 e. The maximum absolute atomic E-state index is 12.3. The van der Waals surface area contributed by atoms with E-state index in [2.05, 4.69) is 46.9 Å². The van der Waals surface area contributed by atoms with E-state index < -0.39 is 0 Å². The summed E-state index contributed by atoms with van der Waals surface area (Å²) in [5, 5.41) is 5.19. The first kappa shape index (κ1) is 20.9. The number of amides is 1. The molecule has 1 aromatic heterocycles. The fourth-order valence-electron chi connectivity index (χ4n) is 3.78. The monoisotopic (exact) mass is 400 g/mol. The molecule has 2 aromatic rings. The van der Waals surface area contributed by atoms with Gasteiger partial charge < -0.3 is 10.1 Å². The molecule has 1 aromatic carbocycles. The highest BCUT2D eigenvalue weighted by Crippen LogP contribution is 2.23. The molecule has 5 heteroatoms. The molecule has 1 N–H and O–H groups in total. The van der Waals surface area contributed by atoms with Crippen LogP contribution < -0.4 is 10.1 Å². The maximum atomic E-state index is 12.3. The summed E-state index contributed by atoms with van der Waals surface area (Å²) in [6.07, 6.45) is 5.63. The van der Waals surface area contributed by atoms with Crippen molar-refractivity contribution in [3.63, 3.8) is 0 Å². The Morgan fingerprint density at radius 3 is 2.79 bits per heavy atom. The van der Waals surface area contributed by atoms with Crippen molar-refractivity contribution >= 4 is 17.2 Å². The van der Waals surface area contributed by atoms with Crippen LogP contribution >= 0.6 is 11.3 Å². The number of hydrogen-bond donors (Lipinski definition) is 1. The van der Waals surface area contributed by atoms with Crippen LogP contribution in [0.2, 0.25) is 0 Å². The van der Waals surface area contributed by atoms with Crippen LogP contribution in [0.5, 0.6) is 5.75 Å². The molecule has 1 atom stereocenters. The molecule has 1 amide bonds. The van der Waals surface area contributed by atoms with Crippen molar-refractivity contribution in [3.05, 3.63) is 52.2 Å². The van der Waals surface area contributed by atoms with Crippen LogP contribution in [-0.4, -0.2) is 30.5 Å². The van der Waals surface area contributed by atoms with Gasteiger partial charge in [0, 0.05) is 23.9 Å². The van der Waals surface area contributed by atoms with Crippen molar-refractivity contribution in [3.8, 4) is 5.75 Å². The summed E-state index contributed by atoms with van der Waals surface area (Å²) in [5.74, 6) is 1.25. The minimum absolute atomic E-state index is 0.0494. The zero-order valence-electron chi connectivity index (χ0n) is 17.0. The standard InChI is InChI=1S/C23H32N2O2S/c1-18(15-24-23(26)20-9-4-3-5-10-20)27-21-11-6-8-19(14-21)16-25(2)17-22-12-7-13-28-22/h6-8,11-14,18,20H,3-5,9-10,15-17H2,1-2H3,(H,24,26). The number of hydrogen-bond acceptors (Lipinski definition) is 4. The number of nitrogens with zero attached hydrogens (tertiary/aromatic N) is 1. The third-order valence-electron chi connectivity index (χ3n) is 5.23. The number of thiophene rings is 1. The van der Waals surface area contributed by atoms with Gasteiger partial charge in [0.05, 0.1) is 6.54 Å². The lowest BCUT2D eigenvalue weighted by atomic mass is 9.89. The second kappa shape index (κ2) is 10.6. The molecule has 28 heavy (non-hydrogen) atoms. The second-order valence-electron chi connectivity index (χ2n) is 7.91. The van der Waals surface area contributed by atoms with E-state index in [4.69, 9.17) is 4.74 Å². The fraction of sp³-hybridized carbons (Fsp3) is 0.522. The van der Waals surface area contributed by atoms with Gasteiger partial charge in [-0.1, -0.05) is 37.5 Å². The molecule has 0 radical (unpaired) electrons. The van der Waals surface area contributed by atoms with Crippen molar-refractivity contribution < 1.29 is 9.53 Å². The van der Waals surface area contributed by atoms with Crippen LogP contribution in [0.4, 0.5) is 0 Å². The van der Waals surface area contributed by atoms with E-state index in [-0.39, 0.29) is 17.9 Å². The highest BCUT2D eigenvalue weighted by atomic mass is 32.1. The van der Waals surface area contributed by atoms with E-state index in [1.54, 1.807) is 11.3 Å². The number of carbonyl (C=O) groups excluding carboxylic acids is 1. The third kappa shape index (κ3) is 6.64. The van der Waals surface area contributed by atoms with Crippen LogP contribution in [0.3, 0.4) is 0 Å². The number of nitrogens with one attached hydrogen (secondary N) is 1. The average molecular weight is 401 g/mol. The zero-order valence-corrected chi connectivity index (χ0v) is 17.8. The Kier molecular flexibility index (Phi) is 7.92. The van der Waals surface area contributed by atoms with Crippen LogP contribution in [0.25, 0.3) is 0 Å². The summed E-state index contributed by atoms with van der Waals surface area (Å²) in [5.41, 5.74) is 1.23. The Balaban J connectivity index is 1.44. The molecule has 1 unspecified atom stereocenters. The SMILES string of the molecule is CC(CNC(=O)C1CCCCC1)Oc1cccc(CN(C)Cc2cccs2)c1. The van der Waals surface area contributed by atoms with Crippen LogP contribution in [0.15, 0.2) is 41.8 Å². The molecule has 1 aliphatic carbocycles. The summed E-state index contributed by atoms with van der Waals surface area (Å²) < 4.78 is 6.05. The molecule has 1 aliphatic rings. The lowest BCUT2D eigenvalue weighted by Gasteiger charge is -2.22. The normalized spacial score (nSPS) is 16.1. The van der Waals surface area contributed by atoms with Crippen LogP contribution in [0, 0.1) is 5.92 Å². The second-order valence-corrected chi connectivity index (χ2v) is 8.94. The molecule has 1 saturated carbocycles. The molecule has 0 bridgehead atoms. The van der Waals surface area contributed by atoms with E-state index in [0.29, 0.717) is 6.54 Å². The quantitative estimate of drug-likeness (QED) is 0.655. The van der Waals surface area contributed by atoms with Gasteiger partial charge in [0.1, 0.15) is 11.9 Å². The molecule has 1 heterocycles. The van der Waals surface area contributed by atoms with E-state index in [1.807, 2.05) is 19.1 Å².